The molecule has 2 N–H and O–H groups in total. The first-order chi connectivity index (χ1) is 11.3. The topological polar surface area (TPSA) is 92.3 Å². The molecule has 0 aliphatic carbocycles. The van der Waals surface area contributed by atoms with Gasteiger partial charge in [0.2, 0.25) is 5.91 Å². The quantitative estimate of drug-likeness (QED) is 0.851. The second kappa shape index (κ2) is 7.46. The Balaban J connectivity index is 2.14. The van der Waals surface area contributed by atoms with E-state index in [0.717, 1.165) is 0 Å². The maximum Gasteiger partial charge on any atom is 0.264 e. The Hall–Kier alpha value is -2.38. The lowest BCUT2D eigenvalue weighted by atomic mass is 10.2. The van der Waals surface area contributed by atoms with Gasteiger partial charge in [-0.3, -0.25) is 9.59 Å². The fourth-order valence-electron chi connectivity index (χ4n) is 1.84. The Labute approximate surface area is 144 Å². The molecule has 2 aromatic carbocycles. The highest BCUT2D eigenvalue weighted by atomic mass is 35.5. The molecule has 0 aliphatic rings. The lowest BCUT2D eigenvalue weighted by Crippen LogP contribution is -2.29. The summed E-state index contributed by atoms with van der Waals surface area (Å²) in [6.07, 6.45) is 0.0607. The van der Waals surface area contributed by atoms with E-state index in [1.165, 1.54) is 24.3 Å². The largest absolute Gasteiger partial charge is 0.322 e. The molecule has 0 saturated heterocycles. The summed E-state index contributed by atoms with van der Waals surface area (Å²) in [5.41, 5.74) is 0.715. The molecule has 2 amide bonds. The third-order valence-corrected chi connectivity index (χ3v) is 4.83. The molecule has 0 spiro atoms. The van der Waals surface area contributed by atoms with Crippen molar-refractivity contribution in [2.45, 2.75) is 18.2 Å². The number of sulfonamides is 1. The maximum absolute atomic E-state index is 12.1. The summed E-state index contributed by atoms with van der Waals surface area (Å²) >= 11 is 5.95. The van der Waals surface area contributed by atoms with E-state index in [-0.39, 0.29) is 11.3 Å². The van der Waals surface area contributed by atoms with Crippen LogP contribution >= 0.6 is 11.6 Å². The van der Waals surface area contributed by atoms with Crippen molar-refractivity contribution in [1.29, 1.82) is 0 Å². The monoisotopic (exact) mass is 366 g/mol. The molecule has 0 aromatic heterocycles. The smallest absolute Gasteiger partial charge is 0.264 e. The number of halogens is 1. The second-order valence-electron chi connectivity index (χ2n) is 4.84. The first-order valence-corrected chi connectivity index (χ1v) is 8.91. The average molecular weight is 367 g/mol. The second-order valence-corrected chi connectivity index (χ2v) is 6.93. The predicted molar refractivity (Wildman–Crippen MR) is 91.5 cm³/mol. The zero-order valence-corrected chi connectivity index (χ0v) is 14.3. The molecule has 2 aromatic rings. The van der Waals surface area contributed by atoms with Crippen LogP contribution in [0.1, 0.15) is 23.7 Å². The number of amides is 2. The minimum absolute atomic E-state index is 0.0607. The fraction of sp³-hybridized carbons (Fsp3) is 0.125. The van der Waals surface area contributed by atoms with Gasteiger partial charge in [-0.1, -0.05) is 30.7 Å². The zero-order chi connectivity index (χ0) is 17.7. The Morgan fingerprint density at radius 1 is 1.04 bits per heavy atom. The van der Waals surface area contributed by atoms with Crippen molar-refractivity contribution >= 4 is 39.1 Å². The number of rotatable bonds is 5. The van der Waals surface area contributed by atoms with Crippen LogP contribution in [-0.4, -0.2) is 20.2 Å². The maximum atomic E-state index is 12.1. The van der Waals surface area contributed by atoms with Gasteiger partial charge in [0.15, 0.2) is 0 Å². The highest BCUT2D eigenvalue weighted by Gasteiger charge is 2.17. The van der Waals surface area contributed by atoms with Crippen LogP contribution < -0.4 is 10.0 Å². The van der Waals surface area contributed by atoms with Crippen LogP contribution in [0.5, 0.6) is 0 Å². The van der Waals surface area contributed by atoms with Crippen molar-refractivity contribution in [3.8, 4) is 0 Å². The summed E-state index contributed by atoms with van der Waals surface area (Å²) in [7, 11) is -3.91. The van der Waals surface area contributed by atoms with Gasteiger partial charge in [-0.15, -0.1) is 0 Å². The van der Waals surface area contributed by atoms with Crippen molar-refractivity contribution in [2.24, 2.45) is 0 Å². The minimum atomic E-state index is -3.91. The molecular formula is C16H15ClN2O4S. The number of benzene rings is 2. The van der Waals surface area contributed by atoms with Crippen LogP contribution in [0.2, 0.25) is 5.02 Å². The molecule has 2 rings (SSSR count). The Morgan fingerprint density at radius 3 is 2.25 bits per heavy atom. The van der Waals surface area contributed by atoms with Gasteiger partial charge in [0.1, 0.15) is 0 Å². The summed E-state index contributed by atoms with van der Waals surface area (Å²) < 4.78 is 25.9. The van der Waals surface area contributed by atoms with Crippen LogP contribution in [-0.2, 0) is 14.8 Å². The number of hydrogen-bond acceptors (Lipinski definition) is 4. The van der Waals surface area contributed by atoms with Crippen LogP contribution in [0.15, 0.2) is 53.4 Å². The van der Waals surface area contributed by atoms with Crippen molar-refractivity contribution in [3.05, 3.63) is 59.1 Å². The zero-order valence-electron chi connectivity index (χ0n) is 12.7. The van der Waals surface area contributed by atoms with E-state index >= 15 is 0 Å². The third-order valence-electron chi connectivity index (χ3n) is 3.11. The van der Waals surface area contributed by atoms with Gasteiger partial charge in [-0.2, -0.15) is 0 Å². The van der Waals surface area contributed by atoms with E-state index in [9.17, 15) is 18.0 Å². The summed E-state index contributed by atoms with van der Waals surface area (Å²) in [6, 6.07) is 12.0. The Bertz CT molecular complexity index is 864. The van der Waals surface area contributed by atoms with Crippen LogP contribution in [0.25, 0.3) is 0 Å². The van der Waals surface area contributed by atoms with E-state index in [1.54, 1.807) is 31.2 Å². The lowest BCUT2D eigenvalue weighted by Gasteiger charge is -2.09. The van der Waals surface area contributed by atoms with Crippen LogP contribution in [0.3, 0.4) is 0 Å². The molecule has 0 heterocycles. The first kappa shape index (κ1) is 18.0. The van der Waals surface area contributed by atoms with Gasteiger partial charge in [-0.25, -0.2) is 13.1 Å². The minimum Gasteiger partial charge on any atom is -0.322 e. The van der Waals surface area contributed by atoms with Crippen molar-refractivity contribution in [1.82, 2.24) is 4.72 Å². The van der Waals surface area contributed by atoms with Gasteiger partial charge in [0, 0.05) is 12.1 Å². The molecule has 0 atom stereocenters. The first-order valence-electron chi connectivity index (χ1n) is 7.05. The molecule has 0 bridgehead atoms. The summed E-state index contributed by atoms with van der Waals surface area (Å²) in [6.45, 7) is 1.55. The molecule has 24 heavy (non-hydrogen) atoms. The number of anilines is 1. The van der Waals surface area contributed by atoms with Crippen LogP contribution in [0.4, 0.5) is 5.69 Å². The van der Waals surface area contributed by atoms with Crippen LogP contribution in [0, 0.1) is 0 Å². The van der Waals surface area contributed by atoms with Gasteiger partial charge in [-0.05, 0) is 36.4 Å². The standard InChI is InChI=1S/C16H15ClN2O4S/c1-2-15(20)19-24(22,23)12-9-7-11(8-10-12)18-16(21)13-5-3-4-6-14(13)17/h3-10H,2H2,1H3,(H,18,21)(H,19,20). The van der Waals surface area contributed by atoms with Gasteiger partial charge in [0.25, 0.3) is 15.9 Å². The molecule has 8 heteroatoms. The lowest BCUT2D eigenvalue weighted by molar-refractivity contribution is -0.119. The van der Waals surface area contributed by atoms with E-state index in [1.807, 2.05) is 4.72 Å². The predicted octanol–water partition coefficient (Wildman–Crippen LogP) is 2.81. The molecule has 6 nitrogen and oxygen atoms in total. The highest BCUT2D eigenvalue weighted by molar-refractivity contribution is 7.90. The van der Waals surface area contributed by atoms with Gasteiger partial charge >= 0.3 is 0 Å². The molecule has 126 valence electrons. The number of carbonyl (C=O) groups is 2. The van der Waals surface area contributed by atoms with Crippen molar-refractivity contribution in [2.75, 3.05) is 5.32 Å². The number of carbonyl (C=O) groups excluding carboxylic acids is 2. The Morgan fingerprint density at radius 2 is 1.67 bits per heavy atom. The van der Waals surface area contributed by atoms with E-state index in [4.69, 9.17) is 11.6 Å². The fourth-order valence-corrected chi connectivity index (χ4v) is 3.12. The molecular weight excluding hydrogens is 352 g/mol. The van der Waals surface area contributed by atoms with E-state index in [2.05, 4.69) is 5.32 Å². The summed E-state index contributed by atoms with van der Waals surface area (Å²) in [5, 5.41) is 2.94. The van der Waals surface area contributed by atoms with Gasteiger partial charge < -0.3 is 5.32 Å². The number of nitrogens with one attached hydrogen (secondary N) is 2. The van der Waals surface area contributed by atoms with Gasteiger partial charge in [0.05, 0.1) is 15.5 Å². The Kier molecular flexibility index (Phi) is 5.58. The number of hydrogen-bond donors (Lipinski definition) is 2. The highest BCUT2D eigenvalue weighted by Crippen LogP contribution is 2.18. The van der Waals surface area contributed by atoms with Crippen molar-refractivity contribution < 1.29 is 18.0 Å². The SMILES string of the molecule is CCC(=O)NS(=O)(=O)c1ccc(NC(=O)c2ccccc2Cl)cc1. The average Bonchev–Trinajstić information content (AvgIpc) is 2.55. The molecule has 0 fully saturated rings. The molecule has 0 aliphatic heterocycles. The van der Waals surface area contributed by atoms with E-state index < -0.39 is 21.8 Å². The molecule has 0 saturated carbocycles. The molecule has 0 unspecified atom stereocenters. The third kappa shape index (κ3) is 4.33. The van der Waals surface area contributed by atoms with E-state index in [0.29, 0.717) is 16.3 Å². The van der Waals surface area contributed by atoms with Crippen molar-refractivity contribution in [3.63, 3.8) is 0 Å². The summed E-state index contributed by atoms with van der Waals surface area (Å²) in [4.78, 5) is 23.3. The summed E-state index contributed by atoms with van der Waals surface area (Å²) in [5.74, 6) is -0.999. The normalized spacial score (nSPS) is 10.9. The molecule has 0 radical (unpaired) electrons.